The van der Waals surface area contributed by atoms with E-state index >= 15 is 0 Å². The summed E-state index contributed by atoms with van der Waals surface area (Å²) >= 11 is 0. The zero-order chi connectivity index (χ0) is 10.7. The Bertz CT molecular complexity index is 386. The molecule has 0 bridgehead atoms. The lowest BCUT2D eigenvalue weighted by molar-refractivity contribution is -0.143. The van der Waals surface area contributed by atoms with Crippen molar-refractivity contribution in [3.63, 3.8) is 0 Å². The van der Waals surface area contributed by atoms with Crippen LogP contribution in [0.1, 0.15) is 16.8 Å². The first-order chi connectivity index (χ1) is 7.29. The minimum absolute atomic E-state index is 0.341. The molecule has 1 saturated heterocycles. The first-order valence-corrected chi connectivity index (χ1v) is 4.68. The van der Waals surface area contributed by atoms with Crippen LogP contribution < -0.4 is 4.74 Å². The zero-order valence-electron chi connectivity index (χ0n) is 8.01. The molecule has 0 spiro atoms. The summed E-state index contributed by atoms with van der Waals surface area (Å²) in [6.07, 6.45) is 0.760. The summed E-state index contributed by atoms with van der Waals surface area (Å²) in [4.78, 5) is 21.6. The minimum atomic E-state index is -0.535. The van der Waals surface area contributed by atoms with Crippen LogP contribution in [-0.2, 0) is 9.53 Å². The summed E-state index contributed by atoms with van der Waals surface area (Å²) in [5.41, 5.74) is 0.527. The van der Waals surface area contributed by atoms with Gasteiger partial charge in [-0.25, -0.2) is 4.79 Å². The molecule has 1 aromatic carbocycles. The van der Waals surface area contributed by atoms with Crippen molar-refractivity contribution in [1.29, 1.82) is 0 Å². The number of esters is 1. The molecule has 2 rings (SSSR count). The van der Waals surface area contributed by atoms with E-state index in [4.69, 9.17) is 9.47 Å². The molecule has 1 atom stereocenters. The third kappa shape index (κ3) is 2.15. The third-order valence-corrected chi connectivity index (χ3v) is 2.16. The summed E-state index contributed by atoms with van der Waals surface area (Å²) in [5.74, 6) is 0.176. The van der Waals surface area contributed by atoms with Gasteiger partial charge in [-0.05, 0) is 12.1 Å². The highest BCUT2D eigenvalue weighted by atomic mass is 16.6. The lowest BCUT2D eigenvalue weighted by Gasteiger charge is -2.09. The van der Waals surface area contributed by atoms with E-state index in [1.807, 2.05) is 0 Å². The van der Waals surface area contributed by atoms with Gasteiger partial charge in [0.2, 0.25) is 0 Å². The van der Waals surface area contributed by atoms with Crippen molar-refractivity contribution in [2.24, 2.45) is 0 Å². The van der Waals surface area contributed by atoms with Gasteiger partial charge in [-0.3, -0.25) is 4.79 Å². The predicted molar refractivity (Wildman–Crippen MR) is 51.8 cm³/mol. The van der Waals surface area contributed by atoms with Crippen molar-refractivity contribution in [3.05, 3.63) is 29.8 Å². The average molecular weight is 206 g/mol. The first kappa shape index (κ1) is 9.71. The maximum absolute atomic E-state index is 11.1. The zero-order valence-corrected chi connectivity index (χ0v) is 8.01. The fourth-order valence-electron chi connectivity index (χ4n) is 1.41. The Morgan fingerprint density at radius 1 is 1.47 bits per heavy atom. The van der Waals surface area contributed by atoms with Gasteiger partial charge in [0.25, 0.3) is 0 Å². The van der Waals surface area contributed by atoms with Gasteiger partial charge in [-0.2, -0.15) is 0 Å². The molecule has 0 unspecified atom stereocenters. The second-order valence-electron chi connectivity index (χ2n) is 3.25. The van der Waals surface area contributed by atoms with Crippen LogP contribution in [0, 0.1) is 0 Å². The van der Waals surface area contributed by atoms with E-state index in [0.717, 1.165) is 6.29 Å². The predicted octanol–water partition coefficient (Wildman–Crippen LogP) is 1.19. The third-order valence-electron chi connectivity index (χ3n) is 2.16. The normalized spacial score (nSPS) is 19.7. The molecule has 1 heterocycles. The highest BCUT2D eigenvalue weighted by Crippen LogP contribution is 2.18. The molecule has 0 saturated carbocycles. The summed E-state index contributed by atoms with van der Waals surface area (Å²) in [6.45, 7) is 0.400. The Morgan fingerprint density at radius 2 is 2.33 bits per heavy atom. The number of hydrogen-bond donors (Lipinski definition) is 0. The van der Waals surface area contributed by atoms with Gasteiger partial charge in [0.15, 0.2) is 6.10 Å². The minimum Gasteiger partial charge on any atom is -0.479 e. The van der Waals surface area contributed by atoms with Crippen molar-refractivity contribution < 1.29 is 19.1 Å². The van der Waals surface area contributed by atoms with Crippen LogP contribution in [0.3, 0.4) is 0 Å². The maximum Gasteiger partial charge on any atom is 0.347 e. The molecular weight excluding hydrogens is 196 g/mol. The van der Waals surface area contributed by atoms with Gasteiger partial charge in [0.1, 0.15) is 12.0 Å². The van der Waals surface area contributed by atoms with E-state index in [9.17, 15) is 9.59 Å². The summed E-state index contributed by atoms with van der Waals surface area (Å²) in [7, 11) is 0. The smallest absolute Gasteiger partial charge is 0.347 e. The summed E-state index contributed by atoms with van der Waals surface area (Å²) < 4.78 is 10.2. The van der Waals surface area contributed by atoms with Crippen molar-refractivity contribution >= 4 is 12.3 Å². The van der Waals surface area contributed by atoms with Gasteiger partial charge in [-0.1, -0.05) is 12.1 Å². The van der Waals surface area contributed by atoms with Gasteiger partial charge in [0, 0.05) is 12.0 Å². The van der Waals surface area contributed by atoms with Crippen LogP contribution in [0.2, 0.25) is 0 Å². The number of aldehydes is 1. The molecule has 78 valence electrons. The number of hydrogen-bond acceptors (Lipinski definition) is 4. The molecule has 1 aromatic rings. The number of rotatable bonds is 3. The standard InChI is InChI=1S/C11H10O4/c12-7-8-2-1-3-9(6-8)15-10-4-5-14-11(10)13/h1-3,6-7,10H,4-5H2/t10-/m1/s1. The molecular formula is C11H10O4. The van der Waals surface area contributed by atoms with E-state index in [1.54, 1.807) is 24.3 Å². The highest BCUT2D eigenvalue weighted by molar-refractivity contribution is 5.77. The fourth-order valence-corrected chi connectivity index (χ4v) is 1.41. The summed E-state index contributed by atoms with van der Waals surface area (Å²) in [6, 6.07) is 6.68. The topological polar surface area (TPSA) is 52.6 Å². The number of cyclic esters (lactones) is 1. The largest absolute Gasteiger partial charge is 0.479 e. The molecule has 1 aliphatic heterocycles. The molecule has 1 aliphatic rings. The van der Waals surface area contributed by atoms with Crippen molar-refractivity contribution in [2.45, 2.75) is 12.5 Å². The Hall–Kier alpha value is -1.84. The lowest BCUT2D eigenvalue weighted by Crippen LogP contribution is -2.21. The average Bonchev–Trinajstić information content (AvgIpc) is 2.65. The second-order valence-corrected chi connectivity index (χ2v) is 3.25. The van der Waals surface area contributed by atoms with E-state index in [1.165, 1.54) is 0 Å². The molecule has 0 amide bonds. The van der Waals surface area contributed by atoms with Crippen LogP contribution in [0.15, 0.2) is 24.3 Å². The van der Waals surface area contributed by atoms with E-state index < -0.39 is 6.10 Å². The quantitative estimate of drug-likeness (QED) is 0.550. The van der Waals surface area contributed by atoms with Crippen molar-refractivity contribution in [1.82, 2.24) is 0 Å². The van der Waals surface area contributed by atoms with Crippen LogP contribution in [-0.4, -0.2) is 25.0 Å². The lowest BCUT2D eigenvalue weighted by atomic mass is 10.2. The number of ether oxygens (including phenoxy) is 2. The molecule has 4 heteroatoms. The molecule has 0 aromatic heterocycles. The fraction of sp³-hybridized carbons (Fsp3) is 0.273. The Morgan fingerprint density at radius 3 is 3.00 bits per heavy atom. The van der Waals surface area contributed by atoms with Crippen molar-refractivity contribution in [3.8, 4) is 5.75 Å². The van der Waals surface area contributed by atoms with Gasteiger partial charge in [-0.15, -0.1) is 0 Å². The SMILES string of the molecule is O=Cc1cccc(O[C@@H]2CCOC2=O)c1. The molecule has 0 aliphatic carbocycles. The second kappa shape index (κ2) is 4.13. The summed E-state index contributed by atoms with van der Waals surface area (Å²) in [5, 5.41) is 0. The number of benzene rings is 1. The van der Waals surface area contributed by atoms with Crippen LogP contribution >= 0.6 is 0 Å². The highest BCUT2D eigenvalue weighted by Gasteiger charge is 2.28. The Kier molecular flexibility index (Phi) is 2.67. The molecule has 4 nitrogen and oxygen atoms in total. The van der Waals surface area contributed by atoms with E-state index in [0.29, 0.717) is 24.3 Å². The molecule has 0 radical (unpaired) electrons. The Labute approximate surface area is 86.8 Å². The number of carbonyl (C=O) groups is 2. The van der Waals surface area contributed by atoms with Crippen LogP contribution in [0.5, 0.6) is 5.75 Å². The first-order valence-electron chi connectivity index (χ1n) is 4.68. The van der Waals surface area contributed by atoms with Crippen LogP contribution in [0.25, 0.3) is 0 Å². The Balaban J connectivity index is 2.09. The van der Waals surface area contributed by atoms with Gasteiger partial charge in [0.05, 0.1) is 6.61 Å². The molecule has 0 N–H and O–H groups in total. The van der Waals surface area contributed by atoms with Gasteiger partial charge >= 0.3 is 5.97 Å². The van der Waals surface area contributed by atoms with Gasteiger partial charge < -0.3 is 9.47 Å². The van der Waals surface area contributed by atoms with Crippen molar-refractivity contribution in [2.75, 3.05) is 6.61 Å². The monoisotopic (exact) mass is 206 g/mol. The van der Waals surface area contributed by atoms with E-state index in [-0.39, 0.29) is 5.97 Å². The number of carbonyl (C=O) groups excluding carboxylic acids is 2. The maximum atomic E-state index is 11.1. The van der Waals surface area contributed by atoms with E-state index in [2.05, 4.69) is 0 Å². The molecule has 1 fully saturated rings. The van der Waals surface area contributed by atoms with Crippen LogP contribution in [0.4, 0.5) is 0 Å². The molecule has 15 heavy (non-hydrogen) atoms.